The number of halogens is 3. The minimum Gasteiger partial charge on any atom is -0.495 e. The first-order valence-electron chi connectivity index (χ1n) is 11.0. The van der Waals surface area contributed by atoms with Gasteiger partial charge in [0.15, 0.2) is 5.82 Å². The van der Waals surface area contributed by atoms with Crippen LogP contribution in [0, 0.1) is 0 Å². The van der Waals surface area contributed by atoms with E-state index in [1.165, 1.54) is 35.5 Å². The van der Waals surface area contributed by atoms with Gasteiger partial charge in [0.2, 0.25) is 5.95 Å². The van der Waals surface area contributed by atoms with Gasteiger partial charge in [0.05, 0.1) is 32.8 Å². The summed E-state index contributed by atoms with van der Waals surface area (Å²) >= 11 is 6.36. The van der Waals surface area contributed by atoms with Crippen molar-refractivity contribution in [2.75, 3.05) is 44.7 Å². The van der Waals surface area contributed by atoms with Gasteiger partial charge in [0.25, 0.3) is 6.43 Å². The second-order valence-electron chi connectivity index (χ2n) is 8.41. The number of alkyl halides is 2. The Labute approximate surface area is 209 Å². The number of rotatable bonds is 8. The third kappa shape index (κ3) is 6.10. The molecule has 0 saturated heterocycles. The number of likely N-dealkylation sites (N-methyl/N-ethyl adjacent to an activating group) is 1. The van der Waals surface area contributed by atoms with Gasteiger partial charge in [-0.2, -0.15) is 4.98 Å². The van der Waals surface area contributed by atoms with Crippen molar-refractivity contribution in [1.82, 2.24) is 14.9 Å². The fourth-order valence-electron chi connectivity index (χ4n) is 3.81. The molecule has 7 nitrogen and oxygen atoms in total. The Hall–Kier alpha value is -2.74. The first-order valence-corrected chi connectivity index (χ1v) is 13.5. The minimum absolute atomic E-state index is 0.122. The number of aromatic nitrogens is 2. The molecule has 0 saturated carbocycles. The summed E-state index contributed by atoms with van der Waals surface area (Å²) in [5.41, 5.74) is 3.57. The van der Waals surface area contributed by atoms with E-state index in [0.717, 1.165) is 25.2 Å². The van der Waals surface area contributed by atoms with E-state index in [-0.39, 0.29) is 10.6 Å². The molecule has 4 rings (SSSR count). The van der Waals surface area contributed by atoms with Crippen molar-refractivity contribution in [3.8, 4) is 11.5 Å². The third-order valence-electron chi connectivity index (χ3n) is 5.51. The molecule has 2 N–H and O–H groups in total. The van der Waals surface area contributed by atoms with Crippen LogP contribution in [0.25, 0.3) is 0 Å². The van der Waals surface area contributed by atoms with Gasteiger partial charge in [0, 0.05) is 18.7 Å². The highest BCUT2D eigenvalue weighted by Gasteiger charge is 2.19. The van der Waals surface area contributed by atoms with Crippen molar-refractivity contribution in [3.63, 3.8) is 0 Å². The number of benzene rings is 2. The number of nitrogens with one attached hydrogen (secondary N) is 2. The number of hydrogen-bond acceptors (Lipinski definition) is 7. The zero-order chi connectivity index (χ0) is 25.1. The van der Waals surface area contributed by atoms with Crippen LogP contribution >= 0.6 is 19.7 Å². The van der Waals surface area contributed by atoms with Crippen LogP contribution in [-0.4, -0.2) is 48.9 Å². The molecule has 0 aliphatic carbocycles. The number of fused-ring (bicyclic) bond motifs is 1. The molecule has 0 unspecified atom stereocenters. The molecule has 35 heavy (non-hydrogen) atoms. The van der Waals surface area contributed by atoms with E-state index >= 15 is 0 Å². The molecule has 1 aliphatic rings. The maximum absolute atomic E-state index is 13.2. The highest BCUT2D eigenvalue weighted by molar-refractivity contribution is 7.51. The summed E-state index contributed by atoms with van der Waals surface area (Å²) < 4.78 is 37.9. The van der Waals surface area contributed by atoms with Crippen molar-refractivity contribution in [1.29, 1.82) is 0 Å². The summed E-state index contributed by atoms with van der Waals surface area (Å²) in [5, 5.41) is 6.60. The average Bonchev–Trinajstić information content (AvgIpc) is 2.81. The number of methoxy groups -OCH3 is 1. The Kier molecular flexibility index (Phi) is 7.89. The lowest BCUT2D eigenvalue weighted by molar-refractivity contribution is 0.151. The van der Waals surface area contributed by atoms with E-state index < -0.39 is 14.6 Å². The Morgan fingerprint density at radius 3 is 2.60 bits per heavy atom. The lowest BCUT2D eigenvalue weighted by atomic mass is 9.99. The van der Waals surface area contributed by atoms with Gasteiger partial charge < -0.3 is 24.8 Å². The lowest BCUT2D eigenvalue weighted by Crippen LogP contribution is -2.26. The van der Waals surface area contributed by atoms with Crippen LogP contribution < -0.4 is 19.9 Å². The van der Waals surface area contributed by atoms with Crippen molar-refractivity contribution in [3.05, 3.63) is 58.2 Å². The predicted molar refractivity (Wildman–Crippen MR) is 137 cm³/mol. The van der Waals surface area contributed by atoms with Crippen LogP contribution in [0.2, 0.25) is 5.02 Å². The Morgan fingerprint density at radius 2 is 1.89 bits per heavy atom. The molecule has 1 aliphatic heterocycles. The first-order chi connectivity index (χ1) is 16.7. The quantitative estimate of drug-likeness (QED) is 0.324. The van der Waals surface area contributed by atoms with Crippen LogP contribution in [0.15, 0.2) is 36.5 Å². The Bertz CT molecular complexity index is 1210. The summed E-state index contributed by atoms with van der Waals surface area (Å²) in [7, 11) is 2.87. The lowest BCUT2D eigenvalue weighted by Gasteiger charge is -2.26. The van der Waals surface area contributed by atoms with E-state index in [1.807, 2.05) is 19.4 Å². The highest BCUT2D eigenvalue weighted by atomic mass is 35.5. The normalized spacial score (nSPS) is 13.6. The molecule has 1 aromatic heterocycles. The van der Waals surface area contributed by atoms with Crippen molar-refractivity contribution in [2.24, 2.45) is 0 Å². The molecule has 186 valence electrons. The van der Waals surface area contributed by atoms with Gasteiger partial charge in [0.1, 0.15) is 16.5 Å². The number of ether oxygens (including phenoxy) is 1. The maximum atomic E-state index is 13.2. The third-order valence-corrected chi connectivity index (χ3v) is 6.35. The molecular weight excluding hydrogens is 495 g/mol. The molecule has 0 bridgehead atoms. The van der Waals surface area contributed by atoms with E-state index in [0.29, 0.717) is 29.0 Å². The zero-order valence-corrected chi connectivity index (χ0v) is 21.6. The van der Waals surface area contributed by atoms with Gasteiger partial charge in [-0.25, -0.2) is 13.8 Å². The largest absolute Gasteiger partial charge is 0.495 e. The average molecular weight is 522 g/mol. The Balaban J connectivity index is 1.63. The second-order valence-corrected chi connectivity index (χ2v) is 10.6. The number of hydrogen-bond donors (Lipinski definition) is 2. The van der Waals surface area contributed by atoms with Crippen LogP contribution in [0.1, 0.15) is 23.1 Å². The topological polar surface area (TPSA) is 71.5 Å². The number of anilines is 4. The summed E-state index contributed by atoms with van der Waals surface area (Å²) in [6.45, 7) is 5.62. The molecule has 2 heterocycles. The SMILES string of the molecule is COc1cc2c(cc1Nc1ncc(Cl)c(Nc3ccc(C(F)F)cc3OP(C)C)n1)CN(C)CC2. The smallest absolute Gasteiger partial charge is 0.263 e. The molecule has 0 spiro atoms. The predicted octanol–water partition coefficient (Wildman–Crippen LogP) is 6.59. The Morgan fingerprint density at radius 1 is 1.09 bits per heavy atom. The first kappa shape index (κ1) is 25.4. The molecule has 0 radical (unpaired) electrons. The summed E-state index contributed by atoms with van der Waals surface area (Å²) in [6, 6.07) is 8.30. The van der Waals surface area contributed by atoms with Gasteiger partial charge in [-0.1, -0.05) is 17.7 Å². The van der Waals surface area contributed by atoms with E-state index in [9.17, 15) is 8.78 Å². The molecular formula is C24H27ClF2N5O2P. The van der Waals surface area contributed by atoms with Crippen LogP contribution in [-0.2, 0) is 13.0 Å². The fourth-order valence-corrected chi connectivity index (χ4v) is 4.49. The zero-order valence-electron chi connectivity index (χ0n) is 19.9. The standard InChI is InChI=1S/C24H27ClF2N5O2P/c1-32-8-7-14-10-20(33-2)19(9-16(14)13-32)30-24-28-12-17(25)23(31-24)29-18-6-5-15(22(26)27)11-21(18)34-35(3)4/h5-6,9-12,22H,7-8,13H2,1-4H3,(H2,28,29,30,31). The summed E-state index contributed by atoms with van der Waals surface area (Å²) in [4.78, 5) is 11.1. The number of nitrogens with zero attached hydrogens (tertiary/aromatic N) is 3. The summed E-state index contributed by atoms with van der Waals surface area (Å²) in [6.07, 6.45) is -0.171. The summed E-state index contributed by atoms with van der Waals surface area (Å²) in [5.74, 6) is 1.62. The molecule has 0 fully saturated rings. The van der Waals surface area contributed by atoms with Gasteiger partial charge in [-0.3, -0.25) is 0 Å². The van der Waals surface area contributed by atoms with Crippen LogP contribution in [0.5, 0.6) is 11.5 Å². The molecule has 2 aromatic carbocycles. The van der Waals surface area contributed by atoms with Gasteiger partial charge >= 0.3 is 0 Å². The van der Waals surface area contributed by atoms with E-state index in [1.54, 1.807) is 7.11 Å². The molecule has 11 heteroatoms. The minimum atomic E-state index is -2.60. The van der Waals surface area contributed by atoms with Crippen molar-refractivity contribution < 1.29 is 18.0 Å². The maximum Gasteiger partial charge on any atom is 0.263 e. The molecule has 3 aromatic rings. The fraction of sp³-hybridized carbons (Fsp3) is 0.333. The monoisotopic (exact) mass is 521 g/mol. The van der Waals surface area contributed by atoms with Crippen molar-refractivity contribution in [2.45, 2.75) is 19.4 Å². The van der Waals surface area contributed by atoms with Crippen LogP contribution in [0.3, 0.4) is 0 Å². The van der Waals surface area contributed by atoms with Gasteiger partial charge in [-0.15, -0.1) is 0 Å². The van der Waals surface area contributed by atoms with Crippen molar-refractivity contribution >= 4 is 42.9 Å². The highest BCUT2D eigenvalue weighted by Crippen LogP contribution is 2.40. The van der Waals surface area contributed by atoms with E-state index in [4.69, 9.17) is 20.9 Å². The molecule has 0 atom stereocenters. The second kappa shape index (κ2) is 10.9. The molecule has 0 amide bonds. The van der Waals surface area contributed by atoms with E-state index in [2.05, 4.69) is 38.6 Å². The van der Waals surface area contributed by atoms with Gasteiger partial charge in [-0.05, 0) is 62.2 Å². The van der Waals surface area contributed by atoms with Crippen LogP contribution in [0.4, 0.5) is 31.9 Å².